The Morgan fingerprint density at radius 1 is 1.16 bits per heavy atom. The molecular weight excluding hydrogens is 388 g/mol. The molecule has 0 unspecified atom stereocenters. The predicted molar refractivity (Wildman–Crippen MR) is 101 cm³/mol. The standard InChI is InChI=1S/C18H25BrN2O4/c1-4-5-12-25-16(23)13-6-8-14(9-7-13)21-15(22)10-11-20-17(24)18(2,3)19/h6-9H,4-5,10-12H2,1-3H3,(H,20,24)(H,21,22). The number of amides is 2. The second kappa shape index (κ2) is 10.2. The van der Waals surface area contributed by atoms with E-state index in [-0.39, 0.29) is 30.7 Å². The maximum atomic E-state index is 11.9. The zero-order valence-corrected chi connectivity index (χ0v) is 16.4. The lowest BCUT2D eigenvalue weighted by molar-refractivity contribution is -0.122. The summed E-state index contributed by atoms with van der Waals surface area (Å²) in [5.74, 6) is -0.761. The summed E-state index contributed by atoms with van der Waals surface area (Å²) in [5, 5.41) is 5.40. The van der Waals surface area contributed by atoms with Gasteiger partial charge in [0.25, 0.3) is 0 Å². The molecule has 1 aromatic carbocycles. The summed E-state index contributed by atoms with van der Waals surface area (Å²) in [6.07, 6.45) is 1.96. The molecule has 0 aromatic heterocycles. The summed E-state index contributed by atoms with van der Waals surface area (Å²) >= 11 is 3.25. The number of rotatable bonds is 9. The van der Waals surface area contributed by atoms with E-state index in [1.54, 1.807) is 38.1 Å². The van der Waals surface area contributed by atoms with E-state index >= 15 is 0 Å². The molecule has 0 fully saturated rings. The summed E-state index contributed by atoms with van der Waals surface area (Å²) in [6, 6.07) is 6.51. The lowest BCUT2D eigenvalue weighted by Gasteiger charge is -2.15. The third-order valence-corrected chi connectivity index (χ3v) is 3.67. The van der Waals surface area contributed by atoms with E-state index in [4.69, 9.17) is 4.74 Å². The van der Waals surface area contributed by atoms with E-state index in [2.05, 4.69) is 26.6 Å². The van der Waals surface area contributed by atoms with Crippen molar-refractivity contribution in [2.45, 2.75) is 44.4 Å². The normalized spacial score (nSPS) is 10.9. The Bertz CT molecular complexity index is 594. The third-order valence-electron chi connectivity index (χ3n) is 3.31. The predicted octanol–water partition coefficient (Wildman–Crippen LogP) is 3.26. The Morgan fingerprint density at radius 3 is 2.36 bits per heavy atom. The number of carbonyl (C=O) groups excluding carboxylic acids is 3. The zero-order valence-electron chi connectivity index (χ0n) is 14.9. The second-order valence-electron chi connectivity index (χ2n) is 6.09. The summed E-state index contributed by atoms with van der Waals surface area (Å²) in [6.45, 7) is 6.15. The van der Waals surface area contributed by atoms with Crippen LogP contribution < -0.4 is 10.6 Å². The van der Waals surface area contributed by atoms with Gasteiger partial charge >= 0.3 is 5.97 Å². The molecule has 1 aromatic rings. The Morgan fingerprint density at radius 2 is 1.80 bits per heavy atom. The van der Waals surface area contributed by atoms with Gasteiger partial charge in [0.1, 0.15) is 0 Å². The summed E-state index contributed by atoms with van der Waals surface area (Å²) in [7, 11) is 0. The van der Waals surface area contributed by atoms with Crippen LogP contribution in [0, 0.1) is 0 Å². The maximum Gasteiger partial charge on any atom is 0.338 e. The van der Waals surface area contributed by atoms with Crippen LogP contribution in [0.3, 0.4) is 0 Å². The molecule has 6 nitrogen and oxygen atoms in total. The molecule has 0 heterocycles. The first-order chi connectivity index (χ1) is 11.7. The van der Waals surface area contributed by atoms with E-state index in [1.807, 2.05) is 6.92 Å². The number of unbranched alkanes of at least 4 members (excludes halogenated alkanes) is 1. The smallest absolute Gasteiger partial charge is 0.338 e. The van der Waals surface area contributed by atoms with Crippen molar-refractivity contribution in [3.8, 4) is 0 Å². The summed E-state index contributed by atoms with van der Waals surface area (Å²) in [4.78, 5) is 35.3. The maximum absolute atomic E-state index is 11.9. The molecule has 0 radical (unpaired) electrons. The van der Waals surface area contributed by atoms with E-state index in [0.717, 1.165) is 12.8 Å². The molecule has 0 spiro atoms. The molecule has 138 valence electrons. The number of hydrogen-bond donors (Lipinski definition) is 2. The average molecular weight is 413 g/mol. The number of hydrogen-bond acceptors (Lipinski definition) is 4. The largest absolute Gasteiger partial charge is 0.462 e. The Labute approximate surface area is 156 Å². The number of ether oxygens (including phenoxy) is 1. The molecule has 0 saturated carbocycles. The van der Waals surface area contributed by atoms with Crippen LogP contribution in [0.4, 0.5) is 5.69 Å². The molecule has 0 atom stereocenters. The minimum atomic E-state index is -0.662. The van der Waals surface area contributed by atoms with Crippen LogP contribution in [0.2, 0.25) is 0 Å². The first-order valence-corrected chi connectivity index (χ1v) is 9.07. The van der Waals surface area contributed by atoms with Gasteiger partial charge in [0, 0.05) is 18.7 Å². The summed E-state index contributed by atoms with van der Waals surface area (Å²) < 4.78 is 4.46. The van der Waals surface area contributed by atoms with Gasteiger partial charge in [-0.15, -0.1) is 0 Å². The average Bonchev–Trinajstić information content (AvgIpc) is 2.54. The van der Waals surface area contributed by atoms with E-state index < -0.39 is 4.32 Å². The molecule has 7 heteroatoms. The quantitative estimate of drug-likeness (QED) is 0.370. The monoisotopic (exact) mass is 412 g/mol. The van der Waals surface area contributed by atoms with E-state index in [9.17, 15) is 14.4 Å². The van der Waals surface area contributed by atoms with Gasteiger partial charge in [0.05, 0.1) is 16.5 Å². The topological polar surface area (TPSA) is 84.5 Å². The minimum Gasteiger partial charge on any atom is -0.462 e. The Balaban J connectivity index is 2.40. The van der Waals surface area contributed by atoms with Crippen LogP contribution in [-0.4, -0.2) is 35.3 Å². The van der Waals surface area contributed by atoms with Gasteiger partial charge in [0.2, 0.25) is 11.8 Å². The fourth-order valence-electron chi connectivity index (χ4n) is 1.81. The number of anilines is 1. The van der Waals surface area contributed by atoms with Gasteiger partial charge in [-0.05, 0) is 44.5 Å². The van der Waals surface area contributed by atoms with Crippen molar-refractivity contribution in [3.63, 3.8) is 0 Å². The number of esters is 1. The fourth-order valence-corrected chi connectivity index (χ4v) is 1.95. The van der Waals surface area contributed by atoms with Crippen LogP contribution in [0.15, 0.2) is 24.3 Å². The van der Waals surface area contributed by atoms with Crippen LogP contribution in [0.5, 0.6) is 0 Å². The van der Waals surface area contributed by atoms with Crippen molar-refractivity contribution in [2.75, 3.05) is 18.5 Å². The number of halogens is 1. The number of nitrogens with one attached hydrogen (secondary N) is 2. The molecule has 0 aliphatic heterocycles. The number of carbonyl (C=O) groups is 3. The highest BCUT2D eigenvalue weighted by Crippen LogP contribution is 2.15. The van der Waals surface area contributed by atoms with Crippen molar-refractivity contribution < 1.29 is 19.1 Å². The molecule has 1 rings (SSSR count). The van der Waals surface area contributed by atoms with Crippen molar-refractivity contribution in [1.29, 1.82) is 0 Å². The highest BCUT2D eigenvalue weighted by atomic mass is 79.9. The van der Waals surface area contributed by atoms with Gasteiger partial charge in [-0.3, -0.25) is 9.59 Å². The number of benzene rings is 1. The van der Waals surface area contributed by atoms with Crippen molar-refractivity contribution in [3.05, 3.63) is 29.8 Å². The lowest BCUT2D eigenvalue weighted by atomic mass is 10.2. The van der Waals surface area contributed by atoms with Crippen LogP contribution in [0.25, 0.3) is 0 Å². The molecule has 0 aliphatic carbocycles. The molecular formula is C18H25BrN2O4. The summed E-state index contributed by atoms with van der Waals surface area (Å²) in [5.41, 5.74) is 1.03. The van der Waals surface area contributed by atoms with Crippen molar-refractivity contribution in [1.82, 2.24) is 5.32 Å². The zero-order chi connectivity index (χ0) is 18.9. The lowest BCUT2D eigenvalue weighted by Crippen LogP contribution is -2.38. The van der Waals surface area contributed by atoms with Crippen LogP contribution in [-0.2, 0) is 14.3 Å². The molecule has 0 aliphatic rings. The van der Waals surface area contributed by atoms with E-state index in [1.165, 1.54) is 0 Å². The number of alkyl halides is 1. The van der Waals surface area contributed by atoms with Crippen LogP contribution >= 0.6 is 15.9 Å². The van der Waals surface area contributed by atoms with E-state index in [0.29, 0.717) is 17.9 Å². The molecule has 2 N–H and O–H groups in total. The van der Waals surface area contributed by atoms with Gasteiger partial charge in [-0.1, -0.05) is 29.3 Å². The minimum absolute atomic E-state index is 0.162. The molecule has 2 amide bonds. The first kappa shape index (κ1) is 21.2. The van der Waals surface area contributed by atoms with Crippen molar-refractivity contribution in [2.24, 2.45) is 0 Å². The Kier molecular flexibility index (Phi) is 8.61. The highest BCUT2D eigenvalue weighted by molar-refractivity contribution is 9.10. The van der Waals surface area contributed by atoms with Gasteiger partial charge in [-0.2, -0.15) is 0 Å². The Hall–Kier alpha value is -1.89. The second-order valence-corrected chi connectivity index (χ2v) is 8.08. The fraction of sp³-hybridized carbons (Fsp3) is 0.500. The van der Waals surface area contributed by atoms with Gasteiger partial charge < -0.3 is 15.4 Å². The molecule has 25 heavy (non-hydrogen) atoms. The van der Waals surface area contributed by atoms with Crippen LogP contribution in [0.1, 0.15) is 50.4 Å². The van der Waals surface area contributed by atoms with Gasteiger partial charge in [-0.25, -0.2) is 4.79 Å². The SMILES string of the molecule is CCCCOC(=O)c1ccc(NC(=O)CCNC(=O)C(C)(C)Br)cc1. The third kappa shape index (κ3) is 8.16. The van der Waals surface area contributed by atoms with Gasteiger partial charge in [0.15, 0.2) is 0 Å². The highest BCUT2D eigenvalue weighted by Gasteiger charge is 2.22. The van der Waals surface area contributed by atoms with Crippen molar-refractivity contribution >= 4 is 39.4 Å². The molecule has 0 saturated heterocycles. The first-order valence-electron chi connectivity index (χ1n) is 8.28. The molecule has 0 bridgehead atoms.